The summed E-state index contributed by atoms with van der Waals surface area (Å²) < 4.78 is 0. The van der Waals surface area contributed by atoms with E-state index in [1.54, 1.807) is 0 Å². The van der Waals surface area contributed by atoms with Crippen molar-refractivity contribution >= 4 is 0 Å². The van der Waals surface area contributed by atoms with Crippen molar-refractivity contribution in [2.45, 2.75) is 143 Å². The van der Waals surface area contributed by atoms with Gasteiger partial charge in [0.05, 0.1) is 0 Å². The zero-order valence-electron chi connectivity index (χ0n) is 20.9. The molecule has 30 heavy (non-hydrogen) atoms. The Balaban J connectivity index is 2.40. The predicted molar refractivity (Wildman–Crippen MR) is 136 cm³/mol. The molecule has 1 aromatic rings. The molecule has 0 aliphatic carbocycles. The van der Waals surface area contributed by atoms with E-state index in [4.69, 9.17) is 0 Å². The highest BCUT2D eigenvalue weighted by Gasteiger charge is 2.07. The van der Waals surface area contributed by atoms with Crippen LogP contribution in [0, 0.1) is 18.8 Å². The average Bonchev–Trinajstić information content (AvgIpc) is 2.74. The Labute approximate surface area is 189 Å². The summed E-state index contributed by atoms with van der Waals surface area (Å²) in [5.74, 6) is 6.55. The van der Waals surface area contributed by atoms with Gasteiger partial charge in [0.25, 0.3) is 0 Å². The Hall–Kier alpha value is -1.22. The standard InChI is InChI=1S/C30H50/c1-5-8-10-12-14-16-18-20-23-28-26-29(22-7-3)30(25-27(28)4)24-21-19-17-15-13-11-9-6-2/h25-26H,5-6,8-21,23-24H2,1-4H3. The zero-order chi connectivity index (χ0) is 21.9. The summed E-state index contributed by atoms with van der Waals surface area (Å²) in [6, 6.07) is 4.86. The quantitative estimate of drug-likeness (QED) is 0.167. The minimum atomic E-state index is 1.19. The fraction of sp³-hybridized carbons (Fsp3) is 0.733. The molecule has 0 atom stereocenters. The smallest absolute Gasteiger partial charge is 0.0280 e. The second-order valence-electron chi connectivity index (χ2n) is 9.26. The Morgan fingerprint density at radius 1 is 0.567 bits per heavy atom. The van der Waals surface area contributed by atoms with E-state index in [2.05, 4.69) is 44.7 Å². The Kier molecular flexibility index (Phi) is 16.6. The molecule has 0 heterocycles. The summed E-state index contributed by atoms with van der Waals surface area (Å²) in [6.07, 6.45) is 24.6. The molecule has 0 unspecified atom stereocenters. The highest BCUT2D eigenvalue weighted by molar-refractivity contribution is 5.47. The molecule has 0 fully saturated rings. The third-order valence-corrected chi connectivity index (χ3v) is 6.42. The van der Waals surface area contributed by atoms with Crippen LogP contribution in [0.15, 0.2) is 12.1 Å². The predicted octanol–water partition coefficient (Wildman–Crippen LogP) is 9.73. The number of rotatable bonds is 18. The number of aryl methyl sites for hydroxylation is 3. The molecule has 0 heteroatoms. The lowest BCUT2D eigenvalue weighted by molar-refractivity contribution is 0.574. The van der Waals surface area contributed by atoms with Crippen molar-refractivity contribution in [3.05, 3.63) is 34.4 Å². The lowest BCUT2D eigenvalue weighted by Gasteiger charge is -2.12. The summed E-state index contributed by atoms with van der Waals surface area (Å²) in [4.78, 5) is 0. The van der Waals surface area contributed by atoms with E-state index in [9.17, 15) is 0 Å². The monoisotopic (exact) mass is 410 g/mol. The number of benzene rings is 1. The van der Waals surface area contributed by atoms with Crippen LogP contribution in [0.3, 0.4) is 0 Å². The topological polar surface area (TPSA) is 0 Å². The first-order chi connectivity index (χ1) is 14.7. The minimum absolute atomic E-state index is 1.19. The summed E-state index contributed by atoms with van der Waals surface area (Å²) >= 11 is 0. The van der Waals surface area contributed by atoms with Crippen molar-refractivity contribution in [2.24, 2.45) is 0 Å². The van der Waals surface area contributed by atoms with Crippen molar-refractivity contribution in [1.82, 2.24) is 0 Å². The Morgan fingerprint density at radius 3 is 1.47 bits per heavy atom. The lowest BCUT2D eigenvalue weighted by Crippen LogP contribution is -1.98. The van der Waals surface area contributed by atoms with E-state index < -0.39 is 0 Å². The lowest BCUT2D eigenvalue weighted by atomic mass is 9.93. The van der Waals surface area contributed by atoms with Gasteiger partial charge in [0, 0.05) is 5.56 Å². The molecule has 1 rings (SSSR count). The van der Waals surface area contributed by atoms with E-state index >= 15 is 0 Å². The highest BCUT2D eigenvalue weighted by atomic mass is 14.1. The first-order valence-electron chi connectivity index (χ1n) is 13.3. The van der Waals surface area contributed by atoms with Crippen LogP contribution in [0.25, 0.3) is 0 Å². The summed E-state index contributed by atoms with van der Waals surface area (Å²) in [6.45, 7) is 8.86. The van der Waals surface area contributed by atoms with Crippen molar-refractivity contribution in [3.8, 4) is 11.8 Å². The first-order valence-corrected chi connectivity index (χ1v) is 13.3. The van der Waals surface area contributed by atoms with Crippen LogP contribution in [-0.4, -0.2) is 0 Å². The molecule has 0 aromatic heterocycles. The Bertz CT molecular complexity index is 598. The summed E-state index contributed by atoms with van der Waals surface area (Å²) in [7, 11) is 0. The molecule has 0 saturated carbocycles. The first kappa shape index (κ1) is 26.8. The fourth-order valence-corrected chi connectivity index (χ4v) is 4.44. The van der Waals surface area contributed by atoms with Gasteiger partial charge in [0.15, 0.2) is 0 Å². The van der Waals surface area contributed by atoms with Crippen LogP contribution in [0.2, 0.25) is 0 Å². The van der Waals surface area contributed by atoms with Gasteiger partial charge in [0.1, 0.15) is 0 Å². The molecule has 0 saturated heterocycles. The number of unbranched alkanes of at least 4 members (excludes halogenated alkanes) is 14. The van der Waals surface area contributed by atoms with Crippen molar-refractivity contribution in [1.29, 1.82) is 0 Å². The molecule has 0 spiro atoms. The SMILES string of the molecule is CC#Cc1cc(CCCCCCCCCC)c(C)cc1CCCCCCCCCC. The molecule has 0 amide bonds. The minimum Gasteiger partial charge on any atom is -0.101 e. The van der Waals surface area contributed by atoms with Crippen LogP contribution >= 0.6 is 0 Å². The van der Waals surface area contributed by atoms with E-state index in [0.717, 1.165) is 0 Å². The molecular weight excluding hydrogens is 360 g/mol. The molecule has 0 radical (unpaired) electrons. The third kappa shape index (κ3) is 12.5. The van der Waals surface area contributed by atoms with Crippen LogP contribution in [0.5, 0.6) is 0 Å². The molecule has 0 aliphatic rings. The second kappa shape index (κ2) is 18.5. The van der Waals surface area contributed by atoms with Gasteiger partial charge in [-0.3, -0.25) is 0 Å². The average molecular weight is 411 g/mol. The van der Waals surface area contributed by atoms with E-state index in [-0.39, 0.29) is 0 Å². The van der Waals surface area contributed by atoms with E-state index in [1.807, 2.05) is 6.92 Å². The van der Waals surface area contributed by atoms with Gasteiger partial charge < -0.3 is 0 Å². The molecule has 0 aliphatic heterocycles. The number of hydrogen-bond donors (Lipinski definition) is 0. The van der Waals surface area contributed by atoms with Crippen LogP contribution < -0.4 is 0 Å². The number of hydrogen-bond acceptors (Lipinski definition) is 0. The Morgan fingerprint density at radius 2 is 1.00 bits per heavy atom. The van der Waals surface area contributed by atoms with E-state index in [1.165, 1.54) is 138 Å². The largest absolute Gasteiger partial charge is 0.101 e. The van der Waals surface area contributed by atoms with Gasteiger partial charge >= 0.3 is 0 Å². The third-order valence-electron chi connectivity index (χ3n) is 6.42. The fourth-order valence-electron chi connectivity index (χ4n) is 4.44. The van der Waals surface area contributed by atoms with Gasteiger partial charge in [0.2, 0.25) is 0 Å². The van der Waals surface area contributed by atoms with Crippen molar-refractivity contribution in [3.63, 3.8) is 0 Å². The van der Waals surface area contributed by atoms with Crippen LogP contribution in [0.4, 0.5) is 0 Å². The van der Waals surface area contributed by atoms with Crippen LogP contribution in [0.1, 0.15) is 146 Å². The van der Waals surface area contributed by atoms with Gasteiger partial charge in [-0.15, -0.1) is 5.92 Å². The second-order valence-corrected chi connectivity index (χ2v) is 9.26. The molecule has 0 nitrogen and oxygen atoms in total. The molecule has 0 bridgehead atoms. The van der Waals surface area contributed by atoms with Gasteiger partial charge in [-0.05, 0) is 62.3 Å². The van der Waals surface area contributed by atoms with Crippen LogP contribution in [-0.2, 0) is 12.8 Å². The zero-order valence-corrected chi connectivity index (χ0v) is 20.9. The maximum absolute atomic E-state index is 3.40. The summed E-state index contributed by atoms with van der Waals surface area (Å²) in [5.41, 5.74) is 5.78. The highest BCUT2D eigenvalue weighted by Crippen LogP contribution is 2.21. The maximum atomic E-state index is 3.40. The van der Waals surface area contributed by atoms with E-state index in [0.29, 0.717) is 0 Å². The van der Waals surface area contributed by atoms with Crippen molar-refractivity contribution in [2.75, 3.05) is 0 Å². The van der Waals surface area contributed by atoms with Crippen molar-refractivity contribution < 1.29 is 0 Å². The molecule has 0 N–H and O–H groups in total. The summed E-state index contributed by atoms with van der Waals surface area (Å²) in [5, 5.41) is 0. The van der Waals surface area contributed by atoms with Gasteiger partial charge in [-0.2, -0.15) is 0 Å². The molecule has 170 valence electrons. The normalized spacial score (nSPS) is 10.8. The molecular formula is C30H50. The maximum Gasteiger partial charge on any atom is 0.0280 e. The van der Waals surface area contributed by atoms with Gasteiger partial charge in [-0.1, -0.05) is 116 Å². The van der Waals surface area contributed by atoms with Gasteiger partial charge in [-0.25, -0.2) is 0 Å². The molecule has 1 aromatic carbocycles.